The van der Waals surface area contributed by atoms with Crippen LogP contribution in [0.25, 0.3) is 5.95 Å². The van der Waals surface area contributed by atoms with Gasteiger partial charge in [0, 0.05) is 12.4 Å². The summed E-state index contributed by atoms with van der Waals surface area (Å²) in [5.74, 6) is 0.355. The summed E-state index contributed by atoms with van der Waals surface area (Å²) < 4.78 is 3.30. The number of aromatic nitrogens is 9. The van der Waals surface area contributed by atoms with Gasteiger partial charge in [-0.05, 0) is 52.7 Å². The number of hydrogen-bond donors (Lipinski definition) is 0. The van der Waals surface area contributed by atoms with Crippen LogP contribution in [0, 0.1) is 0 Å². The lowest BCUT2D eigenvalue weighted by Gasteiger charge is -2.03. The Kier molecular flexibility index (Phi) is 3.04. The third kappa shape index (κ3) is 2.59. The fourth-order valence-corrected chi connectivity index (χ4v) is 2.72. The summed E-state index contributed by atoms with van der Waals surface area (Å²) in [6.07, 6.45) is 5.55. The molecule has 1 saturated carbocycles. The predicted molar refractivity (Wildman–Crippen MR) is 72.2 cm³/mol. The fraction of sp³-hybridized carbons (Fsp3) is 0.300. The highest BCUT2D eigenvalue weighted by Crippen LogP contribution is 2.37. The lowest BCUT2D eigenvalue weighted by Crippen LogP contribution is -2.05. The summed E-state index contributed by atoms with van der Waals surface area (Å²) in [5.41, 5.74) is 0. The third-order valence-electron chi connectivity index (χ3n) is 2.82. The molecule has 0 N–H and O–H groups in total. The van der Waals surface area contributed by atoms with Gasteiger partial charge in [-0.2, -0.15) is 20.1 Å². The van der Waals surface area contributed by atoms with E-state index in [-0.39, 0.29) is 5.28 Å². The van der Waals surface area contributed by atoms with Crippen LogP contribution < -0.4 is 0 Å². The van der Waals surface area contributed by atoms with Gasteiger partial charge < -0.3 is 0 Å². The van der Waals surface area contributed by atoms with Crippen LogP contribution in [0.3, 0.4) is 0 Å². The Hall–Kier alpha value is -2.07. The summed E-state index contributed by atoms with van der Waals surface area (Å²) in [7, 11) is 0. The summed E-state index contributed by atoms with van der Waals surface area (Å²) >= 11 is 7.20. The molecule has 3 heterocycles. The predicted octanol–water partition coefficient (Wildman–Crippen LogP) is 1.18. The summed E-state index contributed by atoms with van der Waals surface area (Å²) in [6.45, 7) is 0. The number of halogens is 1. The molecular weight excluding hydrogens is 314 g/mol. The average molecular weight is 322 g/mol. The molecule has 106 valence electrons. The van der Waals surface area contributed by atoms with Gasteiger partial charge in [0.05, 0.1) is 6.04 Å². The van der Waals surface area contributed by atoms with Gasteiger partial charge in [-0.1, -0.05) is 0 Å². The third-order valence-corrected chi connectivity index (χ3v) is 3.81. The maximum absolute atomic E-state index is 5.95. The molecule has 0 bridgehead atoms. The first-order chi connectivity index (χ1) is 10.3. The molecule has 4 rings (SSSR count). The number of nitrogens with zero attached hydrogens (tertiary/aromatic N) is 9. The molecule has 21 heavy (non-hydrogen) atoms. The lowest BCUT2D eigenvalue weighted by atomic mass is 10.7. The van der Waals surface area contributed by atoms with Crippen molar-refractivity contribution in [1.29, 1.82) is 0 Å². The Labute approximate surface area is 127 Å². The van der Waals surface area contributed by atoms with Crippen LogP contribution in [0.15, 0.2) is 28.8 Å². The van der Waals surface area contributed by atoms with E-state index in [0.717, 1.165) is 12.8 Å². The molecule has 0 saturated heterocycles. The summed E-state index contributed by atoms with van der Waals surface area (Å²) in [4.78, 5) is 12.5. The molecule has 11 heteroatoms. The van der Waals surface area contributed by atoms with Gasteiger partial charge in [0.15, 0.2) is 0 Å². The molecule has 0 aliphatic heterocycles. The van der Waals surface area contributed by atoms with Crippen LogP contribution in [0.2, 0.25) is 5.28 Å². The quantitative estimate of drug-likeness (QED) is 0.706. The van der Waals surface area contributed by atoms with Crippen molar-refractivity contribution in [1.82, 2.24) is 44.9 Å². The molecule has 3 aromatic heterocycles. The van der Waals surface area contributed by atoms with Crippen molar-refractivity contribution in [2.45, 2.75) is 29.2 Å². The van der Waals surface area contributed by atoms with Crippen molar-refractivity contribution in [2.24, 2.45) is 0 Å². The number of rotatable bonds is 4. The van der Waals surface area contributed by atoms with Crippen LogP contribution in [-0.2, 0) is 0 Å². The van der Waals surface area contributed by atoms with Crippen LogP contribution >= 0.6 is 23.4 Å². The second kappa shape index (κ2) is 5.04. The number of hydrogen-bond acceptors (Lipinski definition) is 8. The monoisotopic (exact) mass is 321 g/mol. The molecule has 0 radical (unpaired) electrons. The highest BCUT2D eigenvalue weighted by molar-refractivity contribution is 7.99. The van der Waals surface area contributed by atoms with E-state index in [2.05, 4.69) is 35.6 Å². The molecule has 1 aliphatic carbocycles. The molecule has 0 atom stereocenters. The first-order valence-corrected chi connectivity index (χ1v) is 7.36. The smallest absolute Gasteiger partial charge is 0.217 e. The van der Waals surface area contributed by atoms with E-state index >= 15 is 0 Å². The molecule has 1 aliphatic rings. The molecule has 0 amide bonds. The minimum absolute atomic E-state index is 0.100. The maximum atomic E-state index is 5.95. The van der Waals surface area contributed by atoms with E-state index in [1.807, 2.05) is 0 Å². The molecule has 0 spiro atoms. The largest absolute Gasteiger partial charge is 0.255 e. The molecule has 0 unspecified atom stereocenters. The van der Waals surface area contributed by atoms with Crippen molar-refractivity contribution in [3.63, 3.8) is 0 Å². The Morgan fingerprint density at radius 3 is 2.90 bits per heavy atom. The molecule has 0 aromatic carbocycles. The second-order valence-corrected chi connectivity index (χ2v) is 5.65. The summed E-state index contributed by atoms with van der Waals surface area (Å²) in [6, 6.07) is 2.16. The minimum atomic E-state index is 0.100. The van der Waals surface area contributed by atoms with E-state index in [9.17, 15) is 0 Å². The van der Waals surface area contributed by atoms with Crippen LogP contribution in [-0.4, -0.2) is 44.9 Å². The van der Waals surface area contributed by atoms with Gasteiger partial charge in [0.1, 0.15) is 0 Å². The van der Waals surface area contributed by atoms with Crippen molar-refractivity contribution in [3.05, 3.63) is 23.7 Å². The zero-order valence-corrected chi connectivity index (χ0v) is 12.1. The van der Waals surface area contributed by atoms with Gasteiger partial charge in [0.2, 0.25) is 15.6 Å². The first-order valence-electron chi connectivity index (χ1n) is 6.17. The van der Waals surface area contributed by atoms with Gasteiger partial charge in [-0.25, -0.2) is 9.36 Å². The van der Waals surface area contributed by atoms with Crippen molar-refractivity contribution in [3.8, 4) is 5.95 Å². The SMILES string of the molecule is Clc1nc(Sc2nnnn2C2CC2)nc(-n2cccn2)n1. The average Bonchev–Trinajstić information content (AvgIpc) is 2.99. The Morgan fingerprint density at radius 2 is 2.14 bits per heavy atom. The molecular formula is C10H8ClN9S. The van der Waals surface area contributed by atoms with Gasteiger partial charge in [-0.15, -0.1) is 5.10 Å². The van der Waals surface area contributed by atoms with Crippen LogP contribution in [0.5, 0.6) is 0 Å². The normalized spacial score (nSPS) is 14.5. The molecule has 1 fully saturated rings. The fourth-order valence-electron chi connectivity index (χ4n) is 1.74. The summed E-state index contributed by atoms with van der Waals surface area (Å²) in [5, 5.41) is 16.9. The molecule has 9 nitrogen and oxygen atoms in total. The van der Waals surface area contributed by atoms with E-state index in [1.165, 1.54) is 16.4 Å². The maximum Gasteiger partial charge on any atom is 0.255 e. The highest BCUT2D eigenvalue weighted by atomic mass is 35.5. The first kappa shape index (κ1) is 12.7. The van der Waals surface area contributed by atoms with Gasteiger partial charge in [-0.3, -0.25) is 0 Å². The highest BCUT2D eigenvalue weighted by Gasteiger charge is 2.28. The Balaban J connectivity index is 1.67. The topological polar surface area (TPSA) is 100 Å². The second-order valence-electron chi connectivity index (χ2n) is 4.38. The van der Waals surface area contributed by atoms with Crippen molar-refractivity contribution in [2.75, 3.05) is 0 Å². The van der Waals surface area contributed by atoms with Gasteiger partial charge >= 0.3 is 0 Å². The van der Waals surface area contributed by atoms with Crippen LogP contribution in [0.1, 0.15) is 18.9 Å². The Bertz CT molecular complexity index is 767. The van der Waals surface area contributed by atoms with E-state index in [4.69, 9.17) is 11.6 Å². The molecule has 3 aromatic rings. The minimum Gasteiger partial charge on any atom is -0.217 e. The standard InChI is InChI=1S/C10H8ClN9S/c11-7-13-8(19-5-1-4-12-19)15-9(14-7)21-10-16-17-18-20(10)6-2-3-6/h1,4-6H,2-3H2. The van der Waals surface area contributed by atoms with E-state index in [0.29, 0.717) is 22.3 Å². The lowest BCUT2D eigenvalue weighted by molar-refractivity contribution is 0.564. The zero-order valence-electron chi connectivity index (χ0n) is 10.5. The van der Waals surface area contributed by atoms with Crippen molar-refractivity contribution >= 4 is 23.4 Å². The zero-order chi connectivity index (χ0) is 14.2. The van der Waals surface area contributed by atoms with Crippen molar-refractivity contribution < 1.29 is 0 Å². The Morgan fingerprint density at radius 1 is 1.24 bits per heavy atom. The number of tetrazole rings is 1. The van der Waals surface area contributed by atoms with Crippen LogP contribution in [0.4, 0.5) is 0 Å². The van der Waals surface area contributed by atoms with Gasteiger partial charge in [0.25, 0.3) is 5.95 Å². The van der Waals surface area contributed by atoms with E-state index in [1.54, 1.807) is 23.1 Å². The van der Waals surface area contributed by atoms with E-state index < -0.39 is 0 Å².